The number of nitrogens with zero attached hydrogens (tertiary/aromatic N) is 6. The zero-order valence-corrected chi connectivity index (χ0v) is 16.5. The van der Waals surface area contributed by atoms with E-state index in [0.717, 1.165) is 49.2 Å². The fourth-order valence-electron chi connectivity index (χ4n) is 3.49. The van der Waals surface area contributed by atoms with Gasteiger partial charge < -0.3 is 14.8 Å². The Kier molecular flexibility index (Phi) is 5.81. The van der Waals surface area contributed by atoms with Gasteiger partial charge in [0.25, 0.3) is 0 Å². The third kappa shape index (κ3) is 4.78. The molecule has 1 aliphatic heterocycles. The number of aromatic nitrogens is 4. The first-order valence-electron chi connectivity index (χ1n) is 9.79. The van der Waals surface area contributed by atoms with Crippen molar-refractivity contribution in [1.82, 2.24) is 24.4 Å². The minimum Gasteiger partial charge on any atom is -0.338 e. The van der Waals surface area contributed by atoms with Gasteiger partial charge in [-0.2, -0.15) is 0 Å². The number of rotatable bonds is 6. The average molecular weight is 391 g/mol. The molecule has 1 aromatic carbocycles. The lowest BCUT2D eigenvalue weighted by atomic mass is 10.1. The molecule has 4 rings (SSSR count). The molecule has 150 valence electrons. The van der Waals surface area contributed by atoms with Crippen molar-refractivity contribution < 1.29 is 4.79 Å². The summed E-state index contributed by atoms with van der Waals surface area (Å²) < 4.78 is 2.07. The van der Waals surface area contributed by atoms with Crippen LogP contribution in [0.3, 0.4) is 0 Å². The van der Waals surface area contributed by atoms with Gasteiger partial charge in [-0.15, -0.1) is 0 Å². The van der Waals surface area contributed by atoms with Crippen molar-refractivity contribution in [2.24, 2.45) is 0 Å². The van der Waals surface area contributed by atoms with E-state index in [9.17, 15) is 4.79 Å². The van der Waals surface area contributed by atoms with Crippen LogP contribution in [0.15, 0.2) is 55.1 Å². The Labute approximate surface area is 170 Å². The van der Waals surface area contributed by atoms with Crippen LogP contribution in [0.2, 0.25) is 0 Å². The van der Waals surface area contributed by atoms with E-state index in [2.05, 4.69) is 34.6 Å². The lowest BCUT2D eigenvalue weighted by molar-refractivity contribution is -0.117. The molecule has 8 nitrogen and oxygen atoms in total. The molecule has 1 aliphatic rings. The zero-order valence-electron chi connectivity index (χ0n) is 16.5. The molecule has 2 aromatic heterocycles. The summed E-state index contributed by atoms with van der Waals surface area (Å²) in [6.45, 7) is 6.27. The van der Waals surface area contributed by atoms with Gasteiger partial charge in [0.2, 0.25) is 11.9 Å². The highest BCUT2D eigenvalue weighted by Gasteiger charge is 2.20. The van der Waals surface area contributed by atoms with Crippen LogP contribution in [0, 0.1) is 6.92 Å². The van der Waals surface area contributed by atoms with Crippen molar-refractivity contribution in [2.75, 3.05) is 42.9 Å². The summed E-state index contributed by atoms with van der Waals surface area (Å²) in [6.07, 6.45) is 7.25. The topological polar surface area (TPSA) is 79.2 Å². The van der Waals surface area contributed by atoms with Gasteiger partial charge in [-0.3, -0.25) is 9.69 Å². The van der Waals surface area contributed by atoms with Gasteiger partial charge in [-0.1, -0.05) is 18.2 Å². The molecule has 1 amide bonds. The molecule has 0 bridgehead atoms. The number of carbonyl (C=O) groups excluding carboxylic acids is 1. The van der Waals surface area contributed by atoms with Gasteiger partial charge in [0, 0.05) is 56.7 Å². The molecule has 29 heavy (non-hydrogen) atoms. The Morgan fingerprint density at radius 1 is 1.00 bits per heavy atom. The SMILES string of the molecule is Cc1nccn1Cc1ccccc1NC(=O)CN1CCN(c2ncccn2)CC1. The highest BCUT2D eigenvalue weighted by molar-refractivity contribution is 5.93. The molecular weight excluding hydrogens is 366 g/mol. The molecule has 8 heteroatoms. The molecule has 0 aliphatic carbocycles. The van der Waals surface area contributed by atoms with Gasteiger partial charge in [-0.25, -0.2) is 15.0 Å². The van der Waals surface area contributed by atoms with E-state index in [-0.39, 0.29) is 5.91 Å². The Hall–Kier alpha value is -3.26. The molecule has 3 aromatic rings. The summed E-state index contributed by atoms with van der Waals surface area (Å²) in [4.78, 5) is 29.8. The fourth-order valence-corrected chi connectivity index (χ4v) is 3.49. The van der Waals surface area contributed by atoms with E-state index in [1.807, 2.05) is 43.5 Å². The minimum atomic E-state index is 0.00390. The maximum Gasteiger partial charge on any atom is 0.238 e. The van der Waals surface area contributed by atoms with E-state index in [1.165, 1.54) is 0 Å². The Bertz CT molecular complexity index is 948. The van der Waals surface area contributed by atoms with Crippen LogP contribution < -0.4 is 10.2 Å². The number of benzene rings is 1. The molecule has 3 heterocycles. The second kappa shape index (κ2) is 8.83. The third-order valence-electron chi connectivity index (χ3n) is 5.13. The van der Waals surface area contributed by atoms with Gasteiger partial charge in [0.15, 0.2) is 0 Å². The molecule has 0 atom stereocenters. The largest absolute Gasteiger partial charge is 0.338 e. The summed E-state index contributed by atoms with van der Waals surface area (Å²) >= 11 is 0. The Balaban J connectivity index is 1.32. The molecule has 0 saturated carbocycles. The lowest BCUT2D eigenvalue weighted by Crippen LogP contribution is -2.49. The zero-order chi connectivity index (χ0) is 20.1. The summed E-state index contributed by atoms with van der Waals surface area (Å²) in [5, 5.41) is 3.08. The van der Waals surface area contributed by atoms with Crippen molar-refractivity contribution in [3.63, 3.8) is 0 Å². The fraction of sp³-hybridized carbons (Fsp3) is 0.333. The van der Waals surface area contributed by atoms with E-state index in [4.69, 9.17) is 0 Å². The number of piperazine rings is 1. The van der Waals surface area contributed by atoms with Crippen LogP contribution in [0.1, 0.15) is 11.4 Å². The third-order valence-corrected chi connectivity index (χ3v) is 5.13. The van der Waals surface area contributed by atoms with Crippen LogP contribution in [0.4, 0.5) is 11.6 Å². The van der Waals surface area contributed by atoms with Crippen molar-refractivity contribution in [3.05, 3.63) is 66.5 Å². The molecule has 1 saturated heterocycles. The van der Waals surface area contributed by atoms with Crippen molar-refractivity contribution in [3.8, 4) is 0 Å². The minimum absolute atomic E-state index is 0.00390. The molecule has 0 spiro atoms. The summed E-state index contributed by atoms with van der Waals surface area (Å²) in [7, 11) is 0. The highest BCUT2D eigenvalue weighted by atomic mass is 16.2. The maximum atomic E-state index is 12.6. The number of imidazole rings is 1. The first-order valence-corrected chi connectivity index (χ1v) is 9.79. The van der Waals surface area contributed by atoms with Crippen molar-refractivity contribution in [2.45, 2.75) is 13.5 Å². The standard InChI is InChI=1S/C21H25N7O/c1-17-22-9-10-28(17)15-18-5-2-3-6-19(18)25-20(29)16-26-11-13-27(14-12-26)21-23-7-4-8-24-21/h2-10H,11-16H2,1H3,(H,25,29). The molecule has 0 unspecified atom stereocenters. The maximum absolute atomic E-state index is 12.6. The van der Waals surface area contributed by atoms with Gasteiger partial charge in [-0.05, 0) is 24.6 Å². The van der Waals surface area contributed by atoms with E-state index in [1.54, 1.807) is 18.6 Å². The summed E-state index contributed by atoms with van der Waals surface area (Å²) in [5.41, 5.74) is 1.91. The van der Waals surface area contributed by atoms with Crippen LogP contribution in [0.5, 0.6) is 0 Å². The van der Waals surface area contributed by atoms with E-state index in [0.29, 0.717) is 13.1 Å². The smallest absolute Gasteiger partial charge is 0.238 e. The monoisotopic (exact) mass is 391 g/mol. The van der Waals surface area contributed by atoms with E-state index >= 15 is 0 Å². The second-order valence-electron chi connectivity index (χ2n) is 7.12. The number of hydrogen-bond donors (Lipinski definition) is 1. The number of carbonyl (C=O) groups is 1. The quantitative estimate of drug-likeness (QED) is 0.690. The summed E-state index contributed by atoms with van der Waals surface area (Å²) in [6, 6.07) is 9.73. The highest BCUT2D eigenvalue weighted by Crippen LogP contribution is 2.17. The number of hydrogen-bond acceptors (Lipinski definition) is 6. The Morgan fingerprint density at radius 3 is 2.48 bits per heavy atom. The van der Waals surface area contributed by atoms with E-state index < -0.39 is 0 Å². The number of nitrogens with one attached hydrogen (secondary N) is 1. The molecule has 0 radical (unpaired) electrons. The number of aryl methyl sites for hydroxylation is 1. The van der Waals surface area contributed by atoms with Gasteiger partial charge in [0.05, 0.1) is 13.1 Å². The Morgan fingerprint density at radius 2 is 1.76 bits per heavy atom. The number of para-hydroxylation sites is 1. The van der Waals surface area contributed by atoms with Gasteiger partial charge >= 0.3 is 0 Å². The van der Waals surface area contributed by atoms with Crippen LogP contribution >= 0.6 is 0 Å². The first kappa shape index (κ1) is 19.1. The van der Waals surface area contributed by atoms with Crippen LogP contribution in [0.25, 0.3) is 0 Å². The molecule has 1 fully saturated rings. The first-order chi connectivity index (χ1) is 14.2. The number of anilines is 2. The van der Waals surface area contributed by atoms with Crippen molar-refractivity contribution >= 4 is 17.5 Å². The second-order valence-corrected chi connectivity index (χ2v) is 7.12. The van der Waals surface area contributed by atoms with Crippen LogP contribution in [-0.4, -0.2) is 63.0 Å². The molecular formula is C21H25N7O. The average Bonchev–Trinajstić information content (AvgIpc) is 3.15. The number of amides is 1. The van der Waals surface area contributed by atoms with Gasteiger partial charge in [0.1, 0.15) is 5.82 Å². The predicted molar refractivity (Wildman–Crippen MR) is 112 cm³/mol. The van der Waals surface area contributed by atoms with Crippen molar-refractivity contribution in [1.29, 1.82) is 0 Å². The predicted octanol–water partition coefficient (Wildman–Crippen LogP) is 1.79. The van der Waals surface area contributed by atoms with Crippen LogP contribution in [-0.2, 0) is 11.3 Å². The summed E-state index contributed by atoms with van der Waals surface area (Å²) in [5.74, 6) is 1.70. The lowest BCUT2D eigenvalue weighted by Gasteiger charge is -2.34. The molecule has 1 N–H and O–H groups in total. The normalized spacial score (nSPS) is 14.7.